The summed E-state index contributed by atoms with van der Waals surface area (Å²) >= 11 is 0. The molecule has 0 bridgehead atoms. The maximum atomic E-state index is 12.5. The second kappa shape index (κ2) is 9.05. The van der Waals surface area contributed by atoms with Crippen LogP contribution in [0.2, 0.25) is 0 Å². The van der Waals surface area contributed by atoms with Crippen molar-refractivity contribution in [2.24, 2.45) is 5.92 Å². The van der Waals surface area contributed by atoms with Crippen LogP contribution in [0.25, 0.3) is 10.8 Å². The number of nitrogens with one attached hydrogen (secondary N) is 1. The van der Waals surface area contributed by atoms with E-state index >= 15 is 0 Å². The Morgan fingerprint density at radius 2 is 2.00 bits per heavy atom. The van der Waals surface area contributed by atoms with Gasteiger partial charge in [-0.15, -0.1) is 12.4 Å². The SMILES string of the molecule is CCN(Cc1ccc2ccccc2c1)C(=O)CCC1CCNC1.Cl. The van der Waals surface area contributed by atoms with Gasteiger partial charge in [0, 0.05) is 19.5 Å². The molecule has 2 aromatic carbocycles. The van der Waals surface area contributed by atoms with Crippen LogP contribution in [0.3, 0.4) is 0 Å². The van der Waals surface area contributed by atoms with Crippen molar-refractivity contribution in [3.05, 3.63) is 48.0 Å². The maximum Gasteiger partial charge on any atom is 0.222 e. The fraction of sp³-hybridized carbons (Fsp3) is 0.450. The molecular weight excluding hydrogens is 320 g/mol. The predicted molar refractivity (Wildman–Crippen MR) is 102 cm³/mol. The first-order chi connectivity index (χ1) is 11.3. The molecule has 0 saturated carbocycles. The molecule has 1 N–H and O–H groups in total. The van der Waals surface area contributed by atoms with E-state index in [0.717, 1.165) is 26.1 Å². The van der Waals surface area contributed by atoms with E-state index in [1.165, 1.54) is 22.8 Å². The molecule has 1 fully saturated rings. The number of halogens is 1. The lowest BCUT2D eigenvalue weighted by Crippen LogP contribution is -2.30. The van der Waals surface area contributed by atoms with E-state index in [2.05, 4.69) is 54.7 Å². The Kier molecular flexibility index (Phi) is 7.07. The summed E-state index contributed by atoms with van der Waals surface area (Å²) in [5, 5.41) is 5.86. The van der Waals surface area contributed by atoms with Crippen LogP contribution in [0.15, 0.2) is 42.5 Å². The van der Waals surface area contributed by atoms with Crippen LogP contribution in [0.4, 0.5) is 0 Å². The highest BCUT2D eigenvalue weighted by Gasteiger charge is 2.18. The fourth-order valence-electron chi connectivity index (χ4n) is 3.38. The molecule has 2 aromatic rings. The average Bonchev–Trinajstić information content (AvgIpc) is 3.11. The molecule has 0 aliphatic carbocycles. The zero-order chi connectivity index (χ0) is 16.1. The second-order valence-electron chi connectivity index (χ2n) is 6.49. The summed E-state index contributed by atoms with van der Waals surface area (Å²) in [6.45, 7) is 5.73. The number of benzene rings is 2. The predicted octanol–water partition coefficient (Wildman–Crippen LogP) is 4.00. The van der Waals surface area contributed by atoms with Gasteiger partial charge in [-0.25, -0.2) is 0 Å². The number of nitrogens with zero attached hydrogens (tertiary/aromatic N) is 1. The van der Waals surface area contributed by atoms with Crippen LogP contribution in [0.5, 0.6) is 0 Å². The van der Waals surface area contributed by atoms with Gasteiger partial charge in [-0.3, -0.25) is 4.79 Å². The van der Waals surface area contributed by atoms with Gasteiger partial charge < -0.3 is 10.2 Å². The van der Waals surface area contributed by atoms with Gasteiger partial charge in [0.05, 0.1) is 0 Å². The van der Waals surface area contributed by atoms with Gasteiger partial charge in [0.2, 0.25) is 5.91 Å². The summed E-state index contributed by atoms with van der Waals surface area (Å²) in [6, 6.07) is 14.9. The number of hydrogen-bond acceptors (Lipinski definition) is 2. The smallest absolute Gasteiger partial charge is 0.222 e. The minimum Gasteiger partial charge on any atom is -0.339 e. The van der Waals surface area contributed by atoms with E-state index in [1.54, 1.807) is 0 Å². The van der Waals surface area contributed by atoms with Crippen LogP contribution in [-0.2, 0) is 11.3 Å². The first-order valence-electron chi connectivity index (χ1n) is 8.72. The lowest BCUT2D eigenvalue weighted by Gasteiger charge is -2.22. The highest BCUT2D eigenvalue weighted by Crippen LogP contribution is 2.19. The van der Waals surface area contributed by atoms with Gasteiger partial charge >= 0.3 is 0 Å². The summed E-state index contributed by atoms with van der Waals surface area (Å²) in [6.07, 6.45) is 2.90. The number of amides is 1. The van der Waals surface area contributed by atoms with Crippen molar-refractivity contribution >= 4 is 29.1 Å². The van der Waals surface area contributed by atoms with Gasteiger partial charge in [0.25, 0.3) is 0 Å². The van der Waals surface area contributed by atoms with Crippen molar-refractivity contribution in [2.45, 2.75) is 32.7 Å². The molecule has 1 amide bonds. The molecule has 24 heavy (non-hydrogen) atoms. The number of fused-ring (bicyclic) bond motifs is 1. The highest BCUT2D eigenvalue weighted by atomic mass is 35.5. The molecule has 1 aliphatic heterocycles. The van der Waals surface area contributed by atoms with Gasteiger partial charge in [-0.1, -0.05) is 36.4 Å². The van der Waals surface area contributed by atoms with Crippen molar-refractivity contribution in [1.29, 1.82) is 0 Å². The lowest BCUT2D eigenvalue weighted by molar-refractivity contribution is -0.131. The Morgan fingerprint density at radius 3 is 2.71 bits per heavy atom. The van der Waals surface area contributed by atoms with Crippen molar-refractivity contribution in [3.63, 3.8) is 0 Å². The van der Waals surface area contributed by atoms with Gasteiger partial charge in [-0.05, 0) is 61.2 Å². The number of hydrogen-bond donors (Lipinski definition) is 1. The Balaban J connectivity index is 0.00000208. The van der Waals surface area contributed by atoms with Crippen LogP contribution in [0.1, 0.15) is 31.7 Å². The lowest BCUT2D eigenvalue weighted by atomic mass is 10.0. The minimum absolute atomic E-state index is 0. The van der Waals surface area contributed by atoms with E-state index < -0.39 is 0 Å². The Morgan fingerprint density at radius 1 is 1.21 bits per heavy atom. The summed E-state index contributed by atoms with van der Waals surface area (Å²) < 4.78 is 0. The van der Waals surface area contributed by atoms with Crippen LogP contribution >= 0.6 is 12.4 Å². The first-order valence-corrected chi connectivity index (χ1v) is 8.72. The second-order valence-corrected chi connectivity index (χ2v) is 6.49. The van der Waals surface area contributed by atoms with Crippen molar-refractivity contribution < 1.29 is 4.79 Å². The molecule has 0 aromatic heterocycles. The van der Waals surface area contributed by atoms with E-state index in [0.29, 0.717) is 18.9 Å². The molecule has 0 radical (unpaired) electrons. The topological polar surface area (TPSA) is 32.3 Å². The third-order valence-corrected chi connectivity index (χ3v) is 4.85. The molecule has 4 heteroatoms. The zero-order valence-corrected chi connectivity index (χ0v) is 15.1. The van der Waals surface area contributed by atoms with Crippen LogP contribution < -0.4 is 5.32 Å². The highest BCUT2D eigenvalue weighted by molar-refractivity contribution is 5.85. The normalized spacial score (nSPS) is 16.8. The third kappa shape index (κ3) is 4.71. The molecule has 1 saturated heterocycles. The summed E-state index contributed by atoms with van der Waals surface area (Å²) in [5.74, 6) is 0.964. The minimum atomic E-state index is 0. The molecule has 1 heterocycles. The molecular formula is C20H27ClN2O. The molecule has 3 rings (SSSR count). The molecule has 1 atom stereocenters. The van der Waals surface area contributed by atoms with Gasteiger partial charge in [-0.2, -0.15) is 0 Å². The van der Waals surface area contributed by atoms with Crippen molar-refractivity contribution in [2.75, 3.05) is 19.6 Å². The molecule has 1 aliphatic rings. The van der Waals surface area contributed by atoms with Crippen molar-refractivity contribution in [3.8, 4) is 0 Å². The summed E-state index contributed by atoms with van der Waals surface area (Å²) in [5.41, 5.74) is 1.21. The molecule has 1 unspecified atom stereocenters. The molecule has 3 nitrogen and oxygen atoms in total. The summed E-state index contributed by atoms with van der Waals surface area (Å²) in [4.78, 5) is 14.5. The zero-order valence-electron chi connectivity index (χ0n) is 14.3. The largest absolute Gasteiger partial charge is 0.339 e. The van der Waals surface area contributed by atoms with E-state index in [-0.39, 0.29) is 18.3 Å². The van der Waals surface area contributed by atoms with E-state index in [4.69, 9.17) is 0 Å². The number of rotatable bonds is 6. The van der Waals surface area contributed by atoms with Gasteiger partial charge in [0.1, 0.15) is 0 Å². The Bertz CT molecular complexity index is 667. The maximum absolute atomic E-state index is 12.5. The quantitative estimate of drug-likeness (QED) is 0.857. The number of carbonyl (C=O) groups excluding carboxylic acids is 1. The molecule has 130 valence electrons. The average molecular weight is 347 g/mol. The monoisotopic (exact) mass is 346 g/mol. The fourth-order valence-corrected chi connectivity index (χ4v) is 3.38. The first kappa shape index (κ1) is 18.8. The van der Waals surface area contributed by atoms with E-state index in [9.17, 15) is 4.79 Å². The van der Waals surface area contributed by atoms with Gasteiger partial charge in [0.15, 0.2) is 0 Å². The Labute approximate surface area is 150 Å². The standard InChI is InChI=1S/C20H26N2O.ClH/c1-2-22(20(23)10-8-16-11-12-21-14-16)15-17-7-9-18-5-3-4-6-19(18)13-17;/h3-7,9,13,16,21H,2,8,10-12,14-15H2,1H3;1H. The van der Waals surface area contributed by atoms with Crippen LogP contribution in [0, 0.1) is 5.92 Å². The van der Waals surface area contributed by atoms with Crippen molar-refractivity contribution in [1.82, 2.24) is 10.2 Å². The van der Waals surface area contributed by atoms with E-state index in [1.807, 2.05) is 4.90 Å². The number of carbonyl (C=O) groups is 1. The van der Waals surface area contributed by atoms with Crippen LogP contribution in [-0.4, -0.2) is 30.4 Å². The third-order valence-electron chi connectivity index (χ3n) is 4.85. The molecule has 0 spiro atoms. The summed E-state index contributed by atoms with van der Waals surface area (Å²) in [7, 11) is 0. The Hall–Kier alpha value is -1.58.